The van der Waals surface area contributed by atoms with Crippen molar-refractivity contribution < 1.29 is 0 Å². The van der Waals surface area contributed by atoms with Gasteiger partial charge in [0.05, 0.1) is 11.4 Å². The molecule has 0 spiro atoms. The summed E-state index contributed by atoms with van der Waals surface area (Å²) in [6.07, 6.45) is 14.9. The Balaban J connectivity index is 1.61. The maximum atomic E-state index is 6.51. The summed E-state index contributed by atoms with van der Waals surface area (Å²) in [6.45, 7) is 5.05. The van der Waals surface area contributed by atoms with Crippen molar-refractivity contribution in [2.75, 3.05) is 0 Å². The summed E-state index contributed by atoms with van der Waals surface area (Å²) in [5, 5.41) is 0. The first-order valence-corrected chi connectivity index (χ1v) is 9.25. The topological polar surface area (TPSA) is 38.4 Å². The van der Waals surface area contributed by atoms with Crippen molar-refractivity contribution in [1.29, 1.82) is 0 Å². The number of rotatable bonds is 2. The molecule has 5 aliphatic carbocycles. The SMILES string of the molecule is CC12CC3CC(C)(C1)CC(N=C(N)C1CCCCC1)(C3)C2. The minimum Gasteiger partial charge on any atom is -0.387 e. The Morgan fingerprint density at radius 2 is 1.52 bits per heavy atom. The predicted molar refractivity (Wildman–Crippen MR) is 88.3 cm³/mol. The van der Waals surface area contributed by atoms with E-state index in [1.807, 2.05) is 0 Å². The van der Waals surface area contributed by atoms with Gasteiger partial charge in [0.2, 0.25) is 0 Å². The third-order valence-electron chi connectivity index (χ3n) is 6.99. The van der Waals surface area contributed by atoms with Gasteiger partial charge in [0.25, 0.3) is 0 Å². The minimum absolute atomic E-state index is 0.213. The van der Waals surface area contributed by atoms with E-state index in [4.69, 9.17) is 10.7 Å². The van der Waals surface area contributed by atoms with Crippen molar-refractivity contribution in [3.63, 3.8) is 0 Å². The third-order valence-corrected chi connectivity index (χ3v) is 6.99. The van der Waals surface area contributed by atoms with Crippen molar-refractivity contribution in [2.45, 2.75) is 90.0 Å². The highest BCUT2D eigenvalue weighted by atomic mass is 15.0. The molecule has 0 saturated heterocycles. The third kappa shape index (κ3) is 2.43. The average molecular weight is 288 g/mol. The zero-order chi connectivity index (χ0) is 14.7. The van der Waals surface area contributed by atoms with Crippen LogP contribution in [0.3, 0.4) is 0 Å². The standard InChI is InChI=1S/C19H32N2/c1-17-8-14-9-18(2,11-17)13-19(10-14,12-17)21-16(20)15-6-4-3-5-7-15/h14-15H,3-13H2,1-2H3,(H2,20,21). The molecule has 0 aromatic heterocycles. The van der Waals surface area contributed by atoms with Gasteiger partial charge < -0.3 is 5.73 Å². The largest absolute Gasteiger partial charge is 0.387 e. The summed E-state index contributed by atoms with van der Waals surface area (Å²) in [5.41, 5.74) is 7.81. The van der Waals surface area contributed by atoms with E-state index in [0.29, 0.717) is 16.7 Å². The lowest BCUT2D eigenvalue weighted by molar-refractivity contribution is -0.104. The lowest BCUT2D eigenvalue weighted by Crippen LogP contribution is -2.58. The van der Waals surface area contributed by atoms with Crippen LogP contribution in [0.2, 0.25) is 0 Å². The van der Waals surface area contributed by atoms with Crippen LogP contribution >= 0.6 is 0 Å². The molecule has 5 saturated carbocycles. The highest BCUT2D eigenvalue weighted by Gasteiger charge is 2.60. The van der Waals surface area contributed by atoms with Gasteiger partial charge in [0, 0.05) is 5.92 Å². The lowest BCUT2D eigenvalue weighted by atomic mass is 9.43. The van der Waals surface area contributed by atoms with Gasteiger partial charge in [0.15, 0.2) is 0 Å². The molecule has 0 heterocycles. The summed E-state index contributed by atoms with van der Waals surface area (Å²) in [4.78, 5) is 5.28. The fraction of sp³-hybridized carbons (Fsp3) is 0.947. The molecule has 2 heteroatoms. The fourth-order valence-electron chi connectivity index (χ4n) is 7.28. The average Bonchev–Trinajstić information content (AvgIpc) is 2.34. The molecule has 5 aliphatic rings. The number of nitrogens with two attached hydrogens (primary N) is 1. The minimum atomic E-state index is 0.213. The van der Waals surface area contributed by atoms with Crippen LogP contribution in [-0.4, -0.2) is 11.4 Å². The fourth-order valence-corrected chi connectivity index (χ4v) is 7.28. The van der Waals surface area contributed by atoms with Crippen LogP contribution < -0.4 is 5.73 Å². The van der Waals surface area contributed by atoms with Gasteiger partial charge in [-0.1, -0.05) is 33.1 Å². The number of nitrogens with zero attached hydrogens (tertiary/aromatic N) is 1. The smallest absolute Gasteiger partial charge is 0.0975 e. The van der Waals surface area contributed by atoms with Gasteiger partial charge in [-0.2, -0.15) is 0 Å². The lowest BCUT2D eigenvalue weighted by Gasteiger charge is -2.64. The molecule has 0 aromatic carbocycles. The van der Waals surface area contributed by atoms with Gasteiger partial charge in [-0.15, -0.1) is 0 Å². The van der Waals surface area contributed by atoms with E-state index in [9.17, 15) is 0 Å². The molecule has 0 amide bonds. The second kappa shape index (κ2) is 4.49. The second-order valence-electron chi connectivity index (χ2n) is 9.73. The van der Waals surface area contributed by atoms with Gasteiger partial charge in [-0.05, 0) is 68.1 Å². The van der Waals surface area contributed by atoms with Crippen LogP contribution in [0.4, 0.5) is 0 Å². The zero-order valence-corrected chi connectivity index (χ0v) is 14.0. The van der Waals surface area contributed by atoms with Gasteiger partial charge in [0.1, 0.15) is 0 Å². The normalized spacial score (nSPS) is 50.6. The van der Waals surface area contributed by atoms with E-state index in [1.165, 1.54) is 70.6 Å². The predicted octanol–water partition coefficient (Wildman–Crippen LogP) is 4.67. The van der Waals surface area contributed by atoms with E-state index in [0.717, 1.165) is 11.8 Å². The molecule has 118 valence electrons. The van der Waals surface area contributed by atoms with Gasteiger partial charge >= 0.3 is 0 Å². The molecule has 0 aliphatic heterocycles. The van der Waals surface area contributed by atoms with Crippen molar-refractivity contribution in [1.82, 2.24) is 0 Å². The Morgan fingerprint density at radius 1 is 0.905 bits per heavy atom. The molecule has 2 N–H and O–H groups in total. The van der Waals surface area contributed by atoms with Crippen LogP contribution in [0.25, 0.3) is 0 Å². The van der Waals surface area contributed by atoms with E-state index in [2.05, 4.69) is 13.8 Å². The van der Waals surface area contributed by atoms with E-state index >= 15 is 0 Å². The summed E-state index contributed by atoms with van der Waals surface area (Å²) < 4.78 is 0. The van der Waals surface area contributed by atoms with Crippen LogP contribution in [0.5, 0.6) is 0 Å². The Hall–Kier alpha value is -0.530. The zero-order valence-electron chi connectivity index (χ0n) is 14.0. The number of hydrogen-bond acceptors (Lipinski definition) is 1. The molecular weight excluding hydrogens is 256 g/mol. The highest BCUT2D eigenvalue weighted by Crippen LogP contribution is 2.67. The highest BCUT2D eigenvalue weighted by molar-refractivity contribution is 5.83. The molecule has 5 rings (SSSR count). The van der Waals surface area contributed by atoms with Crippen LogP contribution in [0.1, 0.15) is 84.5 Å². The quantitative estimate of drug-likeness (QED) is 0.582. The molecule has 4 bridgehead atoms. The van der Waals surface area contributed by atoms with Crippen molar-refractivity contribution in [3.8, 4) is 0 Å². The number of aliphatic imine (C=N–C) groups is 1. The van der Waals surface area contributed by atoms with Crippen molar-refractivity contribution >= 4 is 5.84 Å². The Kier molecular flexibility index (Phi) is 3.01. The summed E-state index contributed by atoms with van der Waals surface area (Å²) in [5.74, 6) is 2.52. The Labute approximate surface area is 130 Å². The monoisotopic (exact) mass is 288 g/mol. The molecule has 21 heavy (non-hydrogen) atoms. The van der Waals surface area contributed by atoms with Crippen molar-refractivity contribution in [2.24, 2.45) is 33.4 Å². The molecule has 5 fully saturated rings. The van der Waals surface area contributed by atoms with Crippen LogP contribution in [-0.2, 0) is 0 Å². The summed E-state index contributed by atoms with van der Waals surface area (Å²) in [7, 11) is 0. The maximum Gasteiger partial charge on any atom is 0.0975 e. The molecule has 2 nitrogen and oxygen atoms in total. The molecule has 2 unspecified atom stereocenters. The van der Waals surface area contributed by atoms with Crippen LogP contribution in [0.15, 0.2) is 4.99 Å². The van der Waals surface area contributed by atoms with E-state index < -0.39 is 0 Å². The van der Waals surface area contributed by atoms with Crippen LogP contribution in [0, 0.1) is 22.7 Å². The molecule has 2 atom stereocenters. The summed E-state index contributed by atoms with van der Waals surface area (Å²) >= 11 is 0. The van der Waals surface area contributed by atoms with Gasteiger partial charge in [-0.3, -0.25) is 4.99 Å². The number of amidine groups is 1. The Morgan fingerprint density at radius 3 is 2.10 bits per heavy atom. The Bertz CT molecular complexity index is 442. The first kappa shape index (κ1) is 14.1. The van der Waals surface area contributed by atoms with E-state index in [1.54, 1.807) is 0 Å². The summed E-state index contributed by atoms with van der Waals surface area (Å²) in [6, 6.07) is 0. The first-order valence-electron chi connectivity index (χ1n) is 9.25. The van der Waals surface area contributed by atoms with Crippen molar-refractivity contribution in [3.05, 3.63) is 0 Å². The first-order chi connectivity index (χ1) is 9.90. The second-order valence-corrected chi connectivity index (χ2v) is 9.73. The van der Waals surface area contributed by atoms with E-state index in [-0.39, 0.29) is 5.54 Å². The molecular formula is C19H32N2. The molecule has 0 aromatic rings. The van der Waals surface area contributed by atoms with Gasteiger partial charge in [-0.25, -0.2) is 0 Å². The molecule has 0 radical (unpaired) electrons. The maximum absolute atomic E-state index is 6.51. The number of hydrogen-bond donors (Lipinski definition) is 1.